The minimum absolute atomic E-state index is 0.0931. The van der Waals surface area contributed by atoms with E-state index >= 15 is 0 Å². The molecule has 3 aromatic carbocycles. The monoisotopic (exact) mass is 376 g/mol. The smallest absolute Gasteiger partial charge is 0.423 e. The second kappa shape index (κ2) is 6.34. The maximum Gasteiger partial charge on any atom is 0.493 e. The zero-order chi connectivity index (χ0) is 19.4. The first-order valence-electron chi connectivity index (χ1n) is 9.38. The van der Waals surface area contributed by atoms with Gasteiger partial charge in [0.15, 0.2) is 0 Å². The van der Waals surface area contributed by atoms with E-state index in [2.05, 4.69) is 69.3 Å². The van der Waals surface area contributed by atoms with Gasteiger partial charge in [-0.2, -0.15) is 0 Å². The summed E-state index contributed by atoms with van der Waals surface area (Å²) in [5.41, 5.74) is 0.285. The Hall–Kier alpha value is -1.88. The molecule has 4 heteroatoms. The number of thiophene rings is 1. The largest absolute Gasteiger partial charge is 0.493 e. The van der Waals surface area contributed by atoms with Gasteiger partial charge in [-0.1, -0.05) is 69.3 Å². The summed E-state index contributed by atoms with van der Waals surface area (Å²) in [6.07, 6.45) is 0. The molecule has 0 saturated heterocycles. The summed E-state index contributed by atoms with van der Waals surface area (Å²) < 4.78 is 8.54. The molecular formula is C23H25BO2S. The van der Waals surface area contributed by atoms with Gasteiger partial charge in [0.2, 0.25) is 0 Å². The topological polar surface area (TPSA) is 29.5 Å². The molecule has 0 unspecified atom stereocenters. The van der Waals surface area contributed by atoms with Gasteiger partial charge >= 0.3 is 7.12 Å². The third-order valence-corrected chi connectivity index (χ3v) is 7.10. The van der Waals surface area contributed by atoms with E-state index < -0.39 is 12.7 Å². The molecule has 0 amide bonds. The average molecular weight is 376 g/mol. The van der Waals surface area contributed by atoms with Gasteiger partial charge in [-0.3, -0.25) is 0 Å². The van der Waals surface area contributed by atoms with E-state index in [0.29, 0.717) is 0 Å². The lowest BCUT2D eigenvalue weighted by molar-refractivity contribution is -0.0128. The first-order valence-corrected chi connectivity index (χ1v) is 10.2. The molecule has 0 aliphatic heterocycles. The van der Waals surface area contributed by atoms with Crippen molar-refractivity contribution >= 4 is 54.9 Å². The second-order valence-electron chi connectivity index (χ2n) is 8.72. The van der Waals surface area contributed by atoms with E-state index in [1.54, 1.807) is 11.3 Å². The van der Waals surface area contributed by atoms with Crippen LogP contribution in [0.25, 0.3) is 30.9 Å². The van der Waals surface area contributed by atoms with Crippen LogP contribution in [0.3, 0.4) is 0 Å². The number of hydrogen-bond acceptors (Lipinski definition) is 3. The van der Waals surface area contributed by atoms with Crippen LogP contribution in [0.1, 0.15) is 34.6 Å². The number of fused-ring (bicyclic) bond motifs is 5. The maximum atomic E-state index is 11.1. The lowest BCUT2D eigenvalue weighted by Gasteiger charge is -2.40. The number of hydrogen-bond donors (Lipinski definition) is 1. The van der Waals surface area contributed by atoms with Crippen molar-refractivity contribution in [1.29, 1.82) is 0 Å². The molecule has 2 nitrogen and oxygen atoms in total. The summed E-state index contributed by atoms with van der Waals surface area (Å²) >= 11 is 1.72. The molecule has 4 aromatic rings. The standard InChI is InChI=1S/C23H25BO2S/c1-22(2,3)23(4,5)26-24(25)18-14-15-10-6-7-11-16(15)20-17-12-8-9-13-19(17)27-21(18)20/h6-14,25H,1-5H3. The van der Waals surface area contributed by atoms with Gasteiger partial charge in [0.25, 0.3) is 0 Å². The van der Waals surface area contributed by atoms with Crippen LogP contribution >= 0.6 is 11.3 Å². The summed E-state index contributed by atoms with van der Waals surface area (Å²) in [7, 11) is -0.973. The van der Waals surface area contributed by atoms with Crippen molar-refractivity contribution in [2.24, 2.45) is 5.41 Å². The van der Waals surface area contributed by atoms with E-state index in [4.69, 9.17) is 4.65 Å². The Kier molecular flexibility index (Phi) is 4.34. The van der Waals surface area contributed by atoms with Crippen LogP contribution in [-0.4, -0.2) is 17.7 Å². The van der Waals surface area contributed by atoms with Crippen LogP contribution in [0.4, 0.5) is 0 Å². The Morgan fingerprint density at radius 1 is 0.889 bits per heavy atom. The second-order valence-corrected chi connectivity index (χ2v) is 9.77. The summed E-state index contributed by atoms with van der Waals surface area (Å²) in [5, 5.41) is 15.9. The molecule has 0 aliphatic carbocycles. The van der Waals surface area contributed by atoms with Crippen molar-refractivity contribution in [3.63, 3.8) is 0 Å². The zero-order valence-corrected chi connectivity index (χ0v) is 17.4. The minimum Gasteiger partial charge on any atom is -0.423 e. The first kappa shape index (κ1) is 18.5. The lowest BCUT2D eigenvalue weighted by atomic mass is 9.72. The quantitative estimate of drug-likeness (QED) is 0.462. The minimum atomic E-state index is -0.973. The highest BCUT2D eigenvalue weighted by Crippen LogP contribution is 2.38. The van der Waals surface area contributed by atoms with E-state index in [9.17, 15) is 5.02 Å². The Morgan fingerprint density at radius 2 is 1.52 bits per heavy atom. The molecule has 138 valence electrons. The maximum absolute atomic E-state index is 11.1. The summed E-state index contributed by atoms with van der Waals surface area (Å²) in [6.45, 7) is 10.5. The van der Waals surface area contributed by atoms with Crippen LogP contribution in [0.5, 0.6) is 0 Å². The van der Waals surface area contributed by atoms with Crippen molar-refractivity contribution in [2.45, 2.75) is 40.2 Å². The molecule has 1 N–H and O–H groups in total. The van der Waals surface area contributed by atoms with Crippen molar-refractivity contribution in [3.8, 4) is 0 Å². The molecule has 0 fully saturated rings. The molecule has 27 heavy (non-hydrogen) atoms. The third kappa shape index (κ3) is 3.06. The normalized spacial score (nSPS) is 13.0. The summed E-state index contributed by atoms with van der Waals surface area (Å²) in [6, 6.07) is 18.9. The van der Waals surface area contributed by atoms with Gasteiger partial charge in [-0.25, -0.2) is 0 Å². The highest BCUT2D eigenvalue weighted by atomic mass is 32.1. The van der Waals surface area contributed by atoms with Crippen LogP contribution in [0.2, 0.25) is 0 Å². The van der Waals surface area contributed by atoms with Crippen molar-refractivity contribution in [3.05, 3.63) is 54.6 Å². The fourth-order valence-corrected chi connectivity index (χ4v) is 4.55. The zero-order valence-electron chi connectivity index (χ0n) is 16.5. The van der Waals surface area contributed by atoms with E-state index in [1.807, 2.05) is 19.9 Å². The van der Waals surface area contributed by atoms with Crippen molar-refractivity contribution < 1.29 is 9.68 Å². The number of benzene rings is 3. The molecule has 0 radical (unpaired) electrons. The van der Waals surface area contributed by atoms with Gasteiger partial charge < -0.3 is 9.68 Å². The highest BCUT2D eigenvalue weighted by molar-refractivity contribution is 7.27. The fourth-order valence-electron chi connectivity index (χ4n) is 3.30. The van der Waals surface area contributed by atoms with E-state index in [-0.39, 0.29) is 5.41 Å². The SMILES string of the molecule is CC(C)(C)C(C)(C)OB(O)c1cc2ccccc2c2c1sc1ccccc12. The molecule has 1 aromatic heterocycles. The van der Waals surface area contributed by atoms with Gasteiger partial charge in [-0.05, 0) is 36.1 Å². The average Bonchev–Trinajstić information content (AvgIpc) is 2.99. The first-order chi connectivity index (χ1) is 12.7. The molecule has 4 rings (SSSR count). The fraction of sp³-hybridized carbons (Fsp3) is 0.304. The van der Waals surface area contributed by atoms with Crippen molar-refractivity contribution in [1.82, 2.24) is 0 Å². The van der Waals surface area contributed by atoms with Gasteiger partial charge in [0.05, 0.1) is 5.60 Å². The summed E-state index contributed by atoms with van der Waals surface area (Å²) in [4.78, 5) is 0. The molecule has 0 saturated carbocycles. The van der Waals surface area contributed by atoms with Crippen LogP contribution < -0.4 is 5.46 Å². The van der Waals surface area contributed by atoms with Gasteiger partial charge in [0.1, 0.15) is 0 Å². The lowest BCUT2D eigenvalue weighted by Crippen LogP contribution is -2.48. The molecule has 1 heterocycles. The molecule has 0 aliphatic rings. The van der Waals surface area contributed by atoms with E-state index in [0.717, 1.165) is 15.5 Å². The van der Waals surface area contributed by atoms with Crippen LogP contribution in [-0.2, 0) is 4.65 Å². The van der Waals surface area contributed by atoms with Gasteiger partial charge in [-0.15, -0.1) is 11.3 Å². The van der Waals surface area contributed by atoms with Gasteiger partial charge in [0, 0.05) is 25.6 Å². The molecule has 0 atom stereocenters. The van der Waals surface area contributed by atoms with Crippen LogP contribution in [0, 0.1) is 5.41 Å². The Morgan fingerprint density at radius 3 is 2.22 bits per heavy atom. The van der Waals surface area contributed by atoms with E-state index in [1.165, 1.54) is 20.9 Å². The summed E-state index contributed by atoms with van der Waals surface area (Å²) in [5.74, 6) is 0. The molecule has 0 bridgehead atoms. The molecule has 0 spiro atoms. The molecular weight excluding hydrogens is 351 g/mol. The Labute approximate surface area is 164 Å². The Bertz CT molecular complexity index is 1140. The predicted molar refractivity (Wildman–Crippen MR) is 119 cm³/mol. The van der Waals surface area contributed by atoms with Crippen LogP contribution in [0.15, 0.2) is 54.6 Å². The third-order valence-electron chi connectivity index (χ3n) is 5.88. The Balaban J connectivity index is 1.97. The number of rotatable bonds is 3. The van der Waals surface area contributed by atoms with Crippen molar-refractivity contribution in [2.75, 3.05) is 0 Å². The predicted octanol–water partition coefficient (Wildman–Crippen LogP) is 5.74. The highest BCUT2D eigenvalue weighted by Gasteiger charge is 2.38.